The van der Waals surface area contributed by atoms with Crippen molar-refractivity contribution in [1.29, 1.82) is 0 Å². The first-order valence-corrected chi connectivity index (χ1v) is 19.9. The summed E-state index contributed by atoms with van der Waals surface area (Å²) in [5, 5.41) is 7.09. The standard InChI is InChI=1S/C38H50N4O9S/c1-36(2,3)31-33(44)42-21-37(50-5,24-13-11-22-12-16-30(49-4)26(27(22)18-24)8-6-7-17-51-35(46)39-31)20-29(42)32(43)40-38(19-28(38)23-9-10-23)34(45)41-52(47,48)25-14-15-25/h11-13,16,18,23,25,28-29,31H,6-10,14-15,17,19-21H2,1-5H3,(H,39,46)(H,40,43)(H,41,45)/t28-,29-,31+,37-,38+/m0/s1. The fraction of sp³-hybridized carbons (Fsp3) is 0.632. The van der Waals surface area contributed by atoms with Crippen LogP contribution >= 0.6 is 0 Å². The lowest BCUT2D eigenvalue weighted by Gasteiger charge is -2.36. The molecule has 4 fully saturated rings. The maximum atomic E-state index is 14.7. The molecule has 52 heavy (non-hydrogen) atoms. The minimum Gasteiger partial charge on any atom is -0.496 e. The molecule has 4 bridgehead atoms. The summed E-state index contributed by atoms with van der Waals surface area (Å²) in [4.78, 5) is 57.7. The Hall–Kier alpha value is -3.91. The molecule has 2 heterocycles. The zero-order chi connectivity index (χ0) is 37.2. The fourth-order valence-electron chi connectivity index (χ4n) is 8.25. The van der Waals surface area contributed by atoms with E-state index in [9.17, 15) is 27.6 Å². The normalized spacial score (nSPS) is 29.7. The highest BCUT2D eigenvalue weighted by Gasteiger charge is 2.67. The summed E-state index contributed by atoms with van der Waals surface area (Å²) in [5.74, 6) is -1.07. The first-order valence-electron chi connectivity index (χ1n) is 18.4. The smallest absolute Gasteiger partial charge is 0.407 e. The molecule has 282 valence electrons. The molecule has 0 radical (unpaired) electrons. The number of nitrogens with zero attached hydrogens (tertiary/aromatic N) is 1. The highest BCUT2D eigenvalue weighted by molar-refractivity contribution is 7.91. The zero-order valence-electron chi connectivity index (χ0n) is 30.6. The number of alkyl carbamates (subject to hydrolysis) is 1. The third-order valence-electron chi connectivity index (χ3n) is 11.7. The molecule has 3 saturated carbocycles. The second kappa shape index (κ2) is 13.2. The van der Waals surface area contributed by atoms with E-state index >= 15 is 0 Å². The van der Waals surface area contributed by atoms with Crippen molar-refractivity contribution in [3.63, 3.8) is 0 Å². The number of fused-ring (bicyclic) bond motifs is 4. The molecule has 0 spiro atoms. The van der Waals surface area contributed by atoms with Gasteiger partial charge in [0.1, 0.15) is 29.0 Å². The van der Waals surface area contributed by atoms with Crippen LogP contribution in [0.3, 0.4) is 0 Å². The second-order valence-corrected chi connectivity index (χ2v) is 18.3. The summed E-state index contributed by atoms with van der Waals surface area (Å²) in [6, 6.07) is 7.74. The lowest BCUT2D eigenvalue weighted by molar-refractivity contribution is -0.143. The minimum absolute atomic E-state index is 0.0180. The lowest BCUT2D eigenvalue weighted by atomic mass is 9.85. The average Bonchev–Trinajstić information content (AvgIpc) is 3.97. The number of aryl methyl sites for hydroxylation is 1. The monoisotopic (exact) mass is 738 g/mol. The van der Waals surface area contributed by atoms with Gasteiger partial charge in [-0.3, -0.25) is 19.1 Å². The van der Waals surface area contributed by atoms with E-state index in [0.717, 1.165) is 46.9 Å². The van der Waals surface area contributed by atoms with E-state index in [1.807, 2.05) is 51.1 Å². The van der Waals surface area contributed by atoms with E-state index in [4.69, 9.17) is 14.2 Å². The van der Waals surface area contributed by atoms with Crippen LogP contribution in [-0.2, 0) is 45.9 Å². The third kappa shape index (κ3) is 6.72. The topological polar surface area (TPSA) is 169 Å². The van der Waals surface area contributed by atoms with E-state index in [0.29, 0.717) is 32.1 Å². The van der Waals surface area contributed by atoms with Gasteiger partial charge in [-0.25, -0.2) is 13.2 Å². The average molecular weight is 739 g/mol. The van der Waals surface area contributed by atoms with Crippen LogP contribution in [-0.4, -0.2) is 87.4 Å². The van der Waals surface area contributed by atoms with Crippen LogP contribution in [0.15, 0.2) is 30.3 Å². The molecule has 4 amide bonds. The number of nitrogens with one attached hydrogen (secondary N) is 3. The van der Waals surface area contributed by atoms with E-state index in [1.54, 1.807) is 14.2 Å². The first-order chi connectivity index (χ1) is 24.6. The molecule has 3 N–H and O–H groups in total. The van der Waals surface area contributed by atoms with Crippen molar-refractivity contribution < 1.29 is 41.8 Å². The Labute approximate surface area is 304 Å². The molecule has 5 atom stereocenters. The molecule has 0 unspecified atom stereocenters. The molecular weight excluding hydrogens is 689 g/mol. The van der Waals surface area contributed by atoms with Gasteiger partial charge in [0, 0.05) is 19.1 Å². The zero-order valence-corrected chi connectivity index (χ0v) is 31.4. The maximum Gasteiger partial charge on any atom is 0.407 e. The summed E-state index contributed by atoms with van der Waals surface area (Å²) in [6.45, 7) is 5.61. The van der Waals surface area contributed by atoms with Crippen LogP contribution < -0.4 is 20.1 Å². The minimum atomic E-state index is -3.86. The predicted molar refractivity (Wildman–Crippen MR) is 192 cm³/mol. The SMILES string of the molecule is COc1ccc2ccc3cc2c1CCCCOC(=O)N[C@@H](C(C)(C)C)C(=O)N1C[C@@]3(OC)C[C@H]1C(=O)N[C@]1(C(=O)NS(=O)(=O)C2CC2)C[C@H]1C1CC1. The molecule has 3 aliphatic carbocycles. The molecule has 2 aliphatic heterocycles. The Bertz CT molecular complexity index is 1900. The number of carbonyl (C=O) groups excluding carboxylic acids is 4. The molecular formula is C38H50N4O9S. The summed E-state index contributed by atoms with van der Waals surface area (Å²) < 4.78 is 45.6. The molecule has 1 saturated heterocycles. The number of cyclic esters (lactones) is 1. The molecule has 7 rings (SSSR count). The number of benzene rings is 2. The Morgan fingerprint density at radius 2 is 1.75 bits per heavy atom. The second-order valence-electron chi connectivity index (χ2n) is 16.4. The molecule has 13 nitrogen and oxygen atoms in total. The van der Waals surface area contributed by atoms with Crippen molar-refractivity contribution in [2.75, 3.05) is 27.4 Å². The summed E-state index contributed by atoms with van der Waals surface area (Å²) in [5.41, 5.74) is -1.56. The van der Waals surface area contributed by atoms with Crippen LogP contribution in [0.25, 0.3) is 10.8 Å². The van der Waals surface area contributed by atoms with Gasteiger partial charge in [-0.1, -0.05) is 39.0 Å². The van der Waals surface area contributed by atoms with Crippen LogP contribution in [0.2, 0.25) is 0 Å². The van der Waals surface area contributed by atoms with E-state index < -0.39 is 67.7 Å². The molecule has 14 heteroatoms. The number of hydrogen-bond acceptors (Lipinski definition) is 9. The number of amides is 4. The van der Waals surface area contributed by atoms with Gasteiger partial charge in [0.25, 0.3) is 5.91 Å². The number of hydrogen-bond donors (Lipinski definition) is 3. The largest absolute Gasteiger partial charge is 0.496 e. The van der Waals surface area contributed by atoms with E-state index in [2.05, 4.69) is 15.4 Å². The van der Waals surface area contributed by atoms with Crippen LogP contribution in [0.1, 0.15) is 83.3 Å². The lowest BCUT2D eigenvalue weighted by Crippen LogP contribution is -2.60. The van der Waals surface area contributed by atoms with E-state index in [-0.39, 0.29) is 31.4 Å². The van der Waals surface area contributed by atoms with Gasteiger partial charge >= 0.3 is 6.09 Å². The van der Waals surface area contributed by atoms with Gasteiger partial charge in [0.15, 0.2) is 0 Å². The van der Waals surface area contributed by atoms with Gasteiger partial charge < -0.3 is 29.7 Å². The third-order valence-corrected chi connectivity index (χ3v) is 13.5. The Morgan fingerprint density at radius 1 is 1.02 bits per heavy atom. The van der Waals surface area contributed by atoms with Crippen LogP contribution in [0, 0.1) is 17.3 Å². The van der Waals surface area contributed by atoms with E-state index in [1.165, 1.54) is 4.90 Å². The summed E-state index contributed by atoms with van der Waals surface area (Å²) in [7, 11) is -0.682. The fourth-order valence-corrected chi connectivity index (χ4v) is 9.62. The summed E-state index contributed by atoms with van der Waals surface area (Å²) >= 11 is 0. The van der Waals surface area contributed by atoms with Gasteiger partial charge in [-0.05, 0) is 97.1 Å². The summed E-state index contributed by atoms with van der Waals surface area (Å²) in [6.07, 6.45) is 4.40. The van der Waals surface area contributed by atoms with Crippen LogP contribution in [0.4, 0.5) is 4.79 Å². The van der Waals surface area contributed by atoms with Crippen molar-refractivity contribution in [2.24, 2.45) is 17.3 Å². The van der Waals surface area contributed by atoms with Crippen molar-refractivity contribution in [1.82, 2.24) is 20.3 Å². The predicted octanol–water partition coefficient (Wildman–Crippen LogP) is 3.66. The van der Waals surface area contributed by atoms with Crippen molar-refractivity contribution >= 4 is 44.6 Å². The van der Waals surface area contributed by atoms with Gasteiger partial charge in [-0.2, -0.15) is 0 Å². The Morgan fingerprint density at radius 3 is 2.40 bits per heavy atom. The highest BCUT2D eigenvalue weighted by atomic mass is 32.2. The quantitative estimate of drug-likeness (QED) is 0.366. The molecule has 5 aliphatic rings. The van der Waals surface area contributed by atoms with Crippen molar-refractivity contribution in [3.8, 4) is 5.75 Å². The number of ether oxygens (including phenoxy) is 3. The van der Waals surface area contributed by atoms with Crippen molar-refractivity contribution in [2.45, 2.75) is 107 Å². The Kier molecular flexibility index (Phi) is 9.24. The highest BCUT2D eigenvalue weighted by Crippen LogP contribution is 2.57. The number of sulfonamides is 1. The van der Waals surface area contributed by atoms with Crippen LogP contribution in [0.5, 0.6) is 5.75 Å². The maximum absolute atomic E-state index is 14.7. The molecule has 0 aromatic heterocycles. The van der Waals surface area contributed by atoms with Crippen molar-refractivity contribution in [3.05, 3.63) is 41.5 Å². The van der Waals surface area contributed by atoms with Gasteiger partial charge in [-0.15, -0.1) is 0 Å². The number of methoxy groups -OCH3 is 2. The van der Waals surface area contributed by atoms with Gasteiger partial charge in [0.05, 0.1) is 25.5 Å². The molecule has 2 aromatic carbocycles. The molecule has 2 aromatic rings. The first kappa shape index (κ1) is 36.4. The number of rotatable bonds is 8. The number of carbonyl (C=O) groups is 4. The van der Waals surface area contributed by atoms with Gasteiger partial charge in [0.2, 0.25) is 21.8 Å². The Balaban J connectivity index is 1.29.